The minimum Gasteiger partial charge on any atom is -0.480 e. The number of sulfonamides is 1. The van der Waals surface area contributed by atoms with Gasteiger partial charge in [0.15, 0.2) is 0 Å². The fraction of sp³-hybridized carbons (Fsp3) is 0.500. The summed E-state index contributed by atoms with van der Waals surface area (Å²) >= 11 is 0.928. The summed E-state index contributed by atoms with van der Waals surface area (Å²) in [6.45, 7) is 4.05. The van der Waals surface area contributed by atoms with Crippen LogP contribution in [0.25, 0.3) is 0 Å². The van der Waals surface area contributed by atoms with Gasteiger partial charge in [-0.3, -0.25) is 4.79 Å². The molecule has 21 heavy (non-hydrogen) atoms. The summed E-state index contributed by atoms with van der Waals surface area (Å²) in [5.74, 6) is -2.05. The second-order valence-electron chi connectivity index (χ2n) is 5.18. The normalized spacial score (nSPS) is 12.4. The number of rotatable bonds is 5. The molecule has 0 unspecified atom stereocenters. The molecule has 0 radical (unpaired) electrons. The van der Waals surface area contributed by atoms with Crippen LogP contribution in [-0.2, 0) is 19.6 Å². The van der Waals surface area contributed by atoms with Gasteiger partial charge >= 0.3 is 11.9 Å². The molecule has 1 heterocycles. The molecular formula is C12H17NO6S2. The Morgan fingerprint density at radius 2 is 1.95 bits per heavy atom. The Morgan fingerprint density at radius 1 is 1.38 bits per heavy atom. The van der Waals surface area contributed by atoms with Crippen LogP contribution in [0, 0.1) is 0 Å². The van der Waals surface area contributed by atoms with E-state index in [-0.39, 0.29) is 9.77 Å². The highest BCUT2D eigenvalue weighted by atomic mass is 32.2. The van der Waals surface area contributed by atoms with E-state index in [2.05, 4.69) is 4.74 Å². The average molecular weight is 335 g/mol. The van der Waals surface area contributed by atoms with Crippen molar-refractivity contribution in [1.82, 2.24) is 4.31 Å². The van der Waals surface area contributed by atoms with Crippen LogP contribution >= 0.6 is 11.3 Å². The minimum absolute atomic E-state index is 0.0721. The summed E-state index contributed by atoms with van der Waals surface area (Å²) in [6.07, 6.45) is 0. The Labute approximate surface area is 127 Å². The van der Waals surface area contributed by atoms with Crippen LogP contribution in [0.2, 0.25) is 0 Å². The molecule has 0 saturated heterocycles. The molecule has 0 saturated carbocycles. The highest BCUT2D eigenvalue weighted by Gasteiger charge is 2.38. The molecule has 1 aromatic rings. The van der Waals surface area contributed by atoms with Crippen molar-refractivity contribution in [2.45, 2.75) is 31.2 Å². The van der Waals surface area contributed by atoms with E-state index in [1.165, 1.54) is 11.4 Å². The van der Waals surface area contributed by atoms with Crippen molar-refractivity contribution in [3.05, 3.63) is 16.3 Å². The number of methoxy groups -OCH3 is 1. The number of hydrogen-bond donors (Lipinski definition) is 1. The van der Waals surface area contributed by atoms with Crippen molar-refractivity contribution in [2.24, 2.45) is 0 Å². The van der Waals surface area contributed by atoms with Crippen molar-refractivity contribution < 1.29 is 27.9 Å². The number of aliphatic carboxylic acids is 1. The van der Waals surface area contributed by atoms with Crippen LogP contribution in [0.1, 0.15) is 30.4 Å². The lowest BCUT2D eigenvalue weighted by Crippen LogP contribution is -2.48. The van der Waals surface area contributed by atoms with Crippen LogP contribution in [0.3, 0.4) is 0 Å². The lowest BCUT2D eigenvalue weighted by Gasteiger charge is -2.33. The van der Waals surface area contributed by atoms with E-state index in [4.69, 9.17) is 5.11 Å². The molecule has 9 heteroatoms. The predicted molar refractivity (Wildman–Crippen MR) is 76.9 cm³/mol. The third kappa shape index (κ3) is 3.80. The van der Waals surface area contributed by atoms with E-state index in [0.717, 1.165) is 22.8 Å². The maximum atomic E-state index is 12.7. The quantitative estimate of drug-likeness (QED) is 0.817. The molecule has 118 valence electrons. The molecule has 0 bridgehead atoms. The van der Waals surface area contributed by atoms with Gasteiger partial charge in [0, 0.05) is 5.54 Å². The molecule has 0 aromatic carbocycles. The molecule has 1 rings (SSSR count). The minimum atomic E-state index is -4.13. The van der Waals surface area contributed by atoms with E-state index in [1.54, 1.807) is 20.8 Å². The van der Waals surface area contributed by atoms with E-state index < -0.39 is 34.0 Å². The van der Waals surface area contributed by atoms with Gasteiger partial charge in [-0.15, -0.1) is 11.3 Å². The molecule has 0 aliphatic carbocycles. The lowest BCUT2D eigenvalue weighted by molar-refractivity contribution is -0.138. The van der Waals surface area contributed by atoms with Crippen molar-refractivity contribution in [1.29, 1.82) is 0 Å². The zero-order chi connectivity index (χ0) is 16.4. The number of nitrogens with zero attached hydrogens (tertiary/aromatic N) is 1. The third-order valence-electron chi connectivity index (χ3n) is 2.60. The van der Waals surface area contributed by atoms with Crippen molar-refractivity contribution in [3.8, 4) is 0 Å². The molecule has 0 aliphatic heterocycles. The topological polar surface area (TPSA) is 101 Å². The van der Waals surface area contributed by atoms with Gasteiger partial charge in [-0.25, -0.2) is 13.2 Å². The molecule has 1 N–H and O–H groups in total. The van der Waals surface area contributed by atoms with Gasteiger partial charge in [0.1, 0.15) is 16.3 Å². The number of esters is 1. The van der Waals surface area contributed by atoms with Crippen LogP contribution in [-0.4, -0.2) is 49.0 Å². The van der Waals surface area contributed by atoms with Gasteiger partial charge in [-0.2, -0.15) is 4.31 Å². The van der Waals surface area contributed by atoms with E-state index >= 15 is 0 Å². The van der Waals surface area contributed by atoms with Crippen LogP contribution in [0.5, 0.6) is 0 Å². The first kappa shape index (κ1) is 17.6. The first-order valence-electron chi connectivity index (χ1n) is 5.92. The summed E-state index contributed by atoms with van der Waals surface area (Å²) in [5, 5.41) is 10.4. The monoisotopic (exact) mass is 335 g/mol. The van der Waals surface area contributed by atoms with Gasteiger partial charge in [0.05, 0.1) is 7.11 Å². The maximum Gasteiger partial charge on any atom is 0.349 e. The summed E-state index contributed by atoms with van der Waals surface area (Å²) < 4.78 is 30.7. The Kier molecular flexibility index (Phi) is 5.13. The van der Waals surface area contributed by atoms with Crippen LogP contribution in [0.4, 0.5) is 0 Å². The van der Waals surface area contributed by atoms with Crippen molar-refractivity contribution in [3.63, 3.8) is 0 Å². The molecule has 0 aliphatic rings. The number of carbonyl (C=O) groups excluding carboxylic acids is 1. The number of ether oxygens (including phenoxy) is 1. The molecule has 0 fully saturated rings. The van der Waals surface area contributed by atoms with E-state index in [1.807, 2.05) is 0 Å². The summed E-state index contributed by atoms with van der Waals surface area (Å²) in [4.78, 5) is 22.3. The Morgan fingerprint density at radius 3 is 2.38 bits per heavy atom. The second kappa shape index (κ2) is 6.12. The van der Waals surface area contributed by atoms with Crippen molar-refractivity contribution in [2.75, 3.05) is 13.7 Å². The second-order valence-corrected chi connectivity index (χ2v) is 7.93. The Bertz CT molecular complexity index is 641. The molecular weight excluding hydrogens is 318 g/mol. The van der Waals surface area contributed by atoms with Gasteiger partial charge in [-0.05, 0) is 32.2 Å². The Hall–Kier alpha value is -1.45. The summed E-state index contributed by atoms with van der Waals surface area (Å²) in [7, 11) is -2.98. The van der Waals surface area contributed by atoms with Crippen molar-refractivity contribution >= 4 is 33.3 Å². The number of hydrogen-bond acceptors (Lipinski definition) is 6. The standard InChI is InChI=1S/C12H17NO6S2/c1-12(2,3)13(7-9(14)15)21(17,18)8-5-6-20-10(8)11(16)19-4/h5-6H,7H2,1-4H3,(H,14,15). The molecule has 7 nitrogen and oxygen atoms in total. The smallest absolute Gasteiger partial charge is 0.349 e. The highest BCUT2D eigenvalue weighted by molar-refractivity contribution is 7.89. The zero-order valence-corrected chi connectivity index (χ0v) is 13.7. The van der Waals surface area contributed by atoms with Crippen LogP contribution < -0.4 is 0 Å². The summed E-state index contributed by atoms with van der Waals surface area (Å²) in [6, 6.07) is 1.27. The lowest BCUT2D eigenvalue weighted by atomic mass is 10.1. The van der Waals surface area contributed by atoms with Gasteiger partial charge in [0.2, 0.25) is 10.0 Å². The fourth-order valence-corrected chi connectivity index (χ4v) is 4.71. The first-order valence-corrected chi connectivity index (χ1v) is 8.24. The Balaban J connectivity index is 3.40. The fourth-order valence-electron chi connectivity index (χ4n) is 1.67. The highest BCUT2D eigenvalue weighted by Crippen LogP contribution is 2.29. The number of carboxylic acids is 1. The zero-order valence-electron chi connectivity index (χ0n) is 12.1. The number of carbonyl (C=O) groups is 2. The molecule has 0 amide bonds. The maximum absolute atomic E-state index is 12.7. The summed E-state index contributed by atoms with van der Waals surface area (Å²) in [5.41, 5.74) is -0.952. The van der Waals surface area contributed by atoms with Gasteiger partial charge < -0.3 is 9.84 Å². The van der Waals surface area contributed by atoms with Crippen LogP contribution in [0.15, 0.2) is 16.3 Å². The van der Waals surface area contributed by atoms with E-state index in [9.17, 15) is 18.0 Å². The first-order chi connectivity index (χ1) is 9.51. The molecule has 1 aromatic heterocycles. The number of carboxylic acid groups (broad SMARTS) is 1. The van der Waals surface area contributed by atoms with Gasteiger partial charge in [0.25, 0.3) is 0 Å². The SMILES string of the molecule is COC(=O)c1sccc1S(=O)(=O)N(CC(=O)O)C(C)(C)C. The largest absolute Gasteiger partial charge is 0.480 e. The number of thiophene rings is 1. The average Bonchev–Trinajstić information content (AvgIpc) is 2.83. The van der Waals surface area contributed by atoms with E-state index in [0.29, 0.717) is 0 Å². The molecule has 0 atom stereocenters. The molecule has 0 spiro atoms. The van der Waals surface area contributed by atoms with Gasteiger partial charge in [-0.1, -0.05) is 0 Å². The predicted octanol–water partition coefficient (Wildman–Crippen LogP) is 1.41. The third-order valence-corrected chi connectivity index (χ3v) is 5.77.